The average molecular weight is 501 g/mol. The summed E-state index contributed by atoms with van der Waals surface area (Å²) in [7, 11) is 0. The van der Waals surface area contributed by atoms with Crippen LogP contribution in [0.1, 0.15) is 38.9 Å². The zero-order chi connectivity index (χ0) is 25.7. The van der Waals surface area contributed by atoms with Crippen LogP contribution in [0.25, 0.3) is 27.8 Å². The largest absolute Gasteiger partial charge is 0.464 e. The Bertz CT molecular complexity index is 1500. The minimum Gasteiger partial charge on any atom is -0.464 e. The highest BCUT2D eigenvalue weighted by molar-refractivity contribution is 5.83. The van der Waals surface area contributed by atoms with Crippen molar-refractivity contribution in [2.45, 2.75) is 51.7 Å². The van der Waals surface area contributed by atoms with Crippen molar-refractivity contribution < 1.29 is 14.3 Å². The quantitative estimate of drug-likeness (QED) is 0.414. The van der Waals surface area contributed by atoms with Crippen molar-refractivity contribution in [3.63, 3.8) is 0 Å². The van der Waals surface area contributed by atoms with Crippen LogP contribution >= 0.6 is 0 Å². The van der Waals surface area contributed by atoms with Crippen molar-refractivity contribution in [2.75, 3.05) is 13.1 Å². The van der Waals surface area contributed by atoms with Gasteiger partial charge in [0.1, 0.15) is 11.4 Å². The lowest BCUT2D eigenvalue weighted by Gasteiger charge is -2.16. The number of aromatic nitrogens is 3. The zero-order valence-corrected chi connectivity index (χ0v) is 21.3. The molecule has 1 saturated carbocycles. The molecule has 1 atom stereocenters. The first-order chi connectivity index (χ1) is 17.7. The van der Waals surface area contributed by atoms with E-state index in [1.54, 1.807) is 24.7 Å². The number of carbonyl (C=O) groups excluding carboxylic acids is 1. The van der Waals surface area contributed by atoms with Gasteiger partial charge in [-0.05, 0) is 80.5 Å². The third-order valence-corrected chi connectivity index (χ3v) is 7.35. The molecule has 8 nitrogen and oxygen atoms in total. The van der Waals surface area contributed by atoms with Crippen molar-refractivity contribution in [1.82, 2.24) is 19.2 Å². The van der Waals surface area contributed by atoms with E-state index in [-0.39, 0.29) is 30.0 Å². The molecule has 0 spiro atoms. The molecule has 2 fully saturated rings. The Hall–Kier alpha value is -3.65. The fraction of sp³-hybridized carbons (Fsp3) is 0.414. The zero-order valence-electron chi connectivity index (χ0n) is 21.3. The summed E-state index contributed by atoms with van der Waals surface area (Å²) in [6.07, 6.45) is 5.20. The molecule has 0 radical (unpaired) electrons. The number of hydrogen-bond acceptors (Lipinski definition) is 5. The number of nitrogens with zero attached hydrogens (tertiary/aromatic N) is 4. The van der Waals surface area contributed by atoms with E-state index in [0.29, 0.717) is 18.8 Å². The fourth-order valence-corrected chi connectivity index (χ4v) is 5.31. The van der Waals surface area contributed by atoms with E-state index in [1.807, 2.05) is 47.4 Å². The summed E-state index contributed by atoms with van der Waals surface area (Å²) >= 11 is 0. The van der Waals surface area contributed by atoms with Crippen LogP contribution in [0.2, 0.25) is 0 Å². The first-order valence-corrected chi connectivity index (χ1v) is 13.0. The molecule has 1 unspecified atom stereocenters. The molecule has 37 heavy (non-hydrogen) atoms. The SMILES string of the molecule is CC(C)(O)Cn1nc(CC2CCN(C(=O)C3CC3)C2)n(-c2ccc(-c3ccc4occc4c3)cc2)c1=O. The minimum absolute atomic E-state index is 0.103. The van der Waals surface area contributed by atoms with Gasteiger partial charge in [0.15, 0.2) is 0 Å². The number of hydrogen-bond donors (Lipinski definition) is 1. The number of rotatable bonds is 7. The molecule has 1 aliphatic heterocycles. The molecular weight excluding hydrogens is 468 g/mol. The van der Waals surface area contributed by atoms with Gasteiger partial charge in [-0.3, -0.25) is 4.79 Å². The number of fused-ring (bicyclic) bond motifs is 1. The highest BCUT2D eigenvalue weighted by atomic mass is 16.3. The van der Waals surface area contributed by atoms with Crippen LogP contribution in [0.3, 0.4) is 0 Å². The summed E-state index contributed by atoms with van der Waals surface area (Å²) in [6, 6.07) is 15.9. The number of carbonyl (C=O) groups is 1. The summed E-state index contributed by atoms with van der Waals surface area (Å²) in [5.74, 6) is 1.40. The van der Waals surface area contributed by atoms with Crippen LogP contribution < -0.4 is 5.69 Å². The summed E-state index contributed by atoms with van der Waals surface area (Å²) in [5, 5.41) is 16.1. The number of aliphatic hydroxyl groups is 1. The number of furan rings is 1. The first kappa shape index (κ1) is 23.7. The maximum absolute atomic E-state index is 13.5. The molecule has 2 aliphatic rings. The molecular formula is C29H32N4O4. The molecule has 6 rings (SSSR count). The Morgan fingerprint density at radius 3 is 2.57 bits per heavy atom. The van der Waals surface area contributed by atoms with Gasteiger partial charge in [-0.15, -0.1) is 0 Å². The van der Waals surface area contributed by atoms with E-state index in [4.69, 9.17) is 4.42 Å². The van der Waals surface area contributed by atoms with Gasteiger partial charge < -0.3 is 14.4 Å². The lowest BCUT2D eigenvalue weighted by atomic mass is 10.0. The van der Waals surface area contributed by atoms with Crippen LogP contribution in [0.4, 0.5) is 0 Å². The topological polar surface area (TPSA) is 93.5 Å². The maximum Gasteiger partial charge on any atom is 0.350 e. The van der Waals surface area contributed by atoms with Crippen LogP contribution in [0.5, 0.6) is 0 Å². The van der Waals surface area contributed by atoms with Gasteiger partial charge in [-0.2, -0.15) is 5.10 Å². The van der Waals surface area contributed by atoms with Crippen molar-refractivity contribution in [3.8, 4) is 16.8 Å². The van der Waals surface area contributed by atoms with Crippen LogP contribution in [-0.4, -0.2) is 49.0 Å². The minimum atomic E-state index is -1.07. The predicted molar refractivity (Wildman–Crippen MR) is 140 cm³/mol. The molecule has 4 aromatic rings. The third-order valence-electron chi connectivity index (χ3n) is 7.35. The van der Waals surface area contributed by atoms with Gasteiger partial charge in [0.25, 0.3) is 0 Å². The monoisotopic (exact) mass is 500 g/mol. The number of benzene rings is 2. The second-order valence-corrected chi connectivity index (χ2v) is 11.1. The van der Waals surface area contributed by atoms with Crippen molar-refractivity contribution in [1.29, 1.82) is 0 Å². The summed E-state index contributed by atoms with van der Waals surface area (Å²) in [5.41, 5.74) is 2.34. The maximum atomic E-state index is 13.5. The van der Waals surface area contributed by atoms with Crippen molar-refractivity contribution in [2.24, 2.45) is 11.8 Å². The molecule has 1 aliphatic carbocycles. The van der Waals surface area contributed by atoms with Crippen LogP contribution in [-0.2, 0) is 17.8 Å². The fourth-order valence-electron chi connectivity index (χ4n) is 5.31. The number of likely N-dealkylation sites (tertiary alicyclic amines) is 1. The van der Waals surface area contributed by atoms with Crippen molar-refractivity contribution in [3.05, 3.63) is 71.1 Å². The Balaban J connectivity index is 1.30. The molecule has 2 aromatic heterocycles. The van der Waals surface area contributed by atoms with Crippen LogP contribution in [0.15, 0.2) is 64.0 Å². The van der Waals surface area contributed by atoms with Gasteiger partial charge >= 0.3 is 5.69 Å². The summed E-state index contributed by atoms with van der Waals surface area (Å²) in [4.78, 5) is 28.0. The molecule has 0 bridgehead atoms. The van der Waals surface area contributed by atoms with Gasteiger partial charge in [0.05, 0.1) is 24.1 Å². The normalized spacial score (nSPS) is 18.1. The third kappa shape index (κ3) is 4.85. The molecule has 192 valence electrons. The lowest BCUT2D eigenvalue weighted by molar-refractivity contribution is -0.131. The molecule has 2 aromatic carbocycles. The van der Waals surface area contributed by atoms with Gasteiger partial charge in [-0.25, -0.2) is 14.0 Å². The lowest BCUT2D eigenvalue weighted by Crippen LogP contribution is -2.34. The van der Waals surface area contributed by atoms with Crippen molar-refractivity contribution >= 4 is 16.9 Å². The number of amides is 1. The van der Waals surface area contributed by atoms with E-state index < -0.39 is 5.60 Å². The Kier molecular flexibility index (Phi) is 5.79. The second kappa shape index (κ2) is 9.03. The standard InChI is InChI=1S/C29H32N4O4/c1-29(2,36)18-32-28(35)33(26(30-32)15-19-11-13-31(17-19)27(34)21-3-4-21)24-8-5-20(6-9-24)22-7-10-25-23(16-22)12-14-37-25/h5-10,12,14,16,19,21,36H,3-4,11,13,15,17-18H2,1-2H3. The Morgan fingerprint density at radius 2 is 1.84 bits per heavy atom. The van der Waals surface area contributed by atoms with E-state index in [9.17, 15) is 14.7 Å². The van der Waals surface area contributed by atoms with E-state index >= 15 is 0 Å². The molecule has 1 saturated heterocycles. The van der Waals surface area contributed by atoms with Gasteiger partial charge in [0.2, 0.25) is 5.91 Å². The van der Waals surface area contributed by atoms with Crippen LogP contribution in [0, 0.1) is 11.8 Å². The first-order valence-electron chi connectivity index (χ1n) is 13.0. The predicted octanol–water partition coefficient (Wildman–Crippen LogP) is 4.02. The Morgan fingerprint density at radius 1 is 1.08 bits per heavy atom. The summed E-state index contributed by atoms with van der Waals surface area (Å²) < 4.78 is 8.46. The highest BCUT2D eigenvalue weighted by Crippen LogP contribution is 2.33. The highest BCUT2D eigenvalue weighted by Gasteiger charge is 2.37. The molecule has 1 amide bonds. The van der Waals surface area contributed by atoms with E-state index in [1.165, 1.54) is 4.68 Å². The Labute approximate surface area is 215 Å². The van der Waals surface area contributed by atoms with E-state index in [2.05, 4.69) is 11.2 Å². The molecule has 8 heteroatoms. The molecule has 3 heterocycles. The smallest absolute Gasteiger partial charge is 0.350 e. The second-order valence-electron chi connectivity index (χ2n) is 11.1. The van der Waals surface area contributed by atoms with Gasteiger partial charge in [0, 0.05) is 30.8 Å². The van der Waals surface area contributed by atoms with E-state index in [0.717, 1.165) is 53.6 Å². The average Bonchev–Trinajstić information content (AvgIpc) is 3.30. The summed E-state index contributed by atoms with van der Waals surface area (Å²) in [6.45, 7) is 4.91. The van der Waals surface area contributed by atoms with Gasteiger partial charge in [-0.1, -0.05) is 18.2 Å². The molecule has 1 N–H and O–H groups in total.